The van der Waals surface area contributed by atoms with E-state index < -0.39 is 15.3 Å². The molecule has 1 aromatic carbocycles. The molecule has 0 saturated carbocycles. The molecule has 2 rings (SSSR count). The Morgan fingerprint density at radius 2 is 2.00 bits per heavy atom. The largest absolute Gasteiger partial charge is 0.228 e. The molecule has 2 N–H and O–H groups in total. The Kier molecular flexibility index (Phi) is 2.17. The normalized spacial score (nSPS) is 20.5. The topological polar surface area (TPSA) is 60.2 Å². The average molecular weight is 209 g/mol. The van der Waals surface area contributed by atoms with Gasteiger partial charge in [-0.2, -0.15) is 0 Å². The summed E-state index contributed by atoms with van der Waals surface area (Å²) >= 11 is 0. The van der Waals surface area contributed by atoms with Gasteiger partial charge in [0.05, 0.1) is 0 Å². The van der Waals surface area contributed by atoms with Gasteiger partial charge in [-0.05, 0) is 17.5 Å². The van der Waals surface area contributed by atoms with Crippen LogP contribution in [-0.2, 0) is 10.0 Å². The van der Waals surface area contributed by atoms with Crippen molar-refractivity contribution in [1.29, 1.82) is 0 Å². The van der Waals surface area contributed by atoms with E-state index in [-0.39, 0.29) is 0 Å². The van der Waals surface area contributed by atoms with Crippen LogP contribution in [0.2, 0.25) is 0 Å². The zero-order valence-electron chi connectivity index (χ0n) is 7.55. The molecule has 0 saturated heterocycles. The summed E-state index contributed by atoms with van der Waals surface area (Å²) in [5.41, 5.74) is 1.75. The van der Waals surface area contributed by atoms with Crippen molar-refractivity contribution in [2.24, 2.45) is 5.14 Å². The van der Waals surface area contributed by atoms with Crippen LogP contribution in [0.25, 0.3) is 6.08 Å². The lowest BCUT2D eigenvalue weighted by Crippen LogP contribution is -2.23. The van der Waals surface area contributed by atoms with E-state index in [0.717, 1.165) is 11.1 Å². The molecule has 0 bridgehead atoms. The third-order valence-electron chi connectivity index (χ3n) is 2.39. The van der Waals surface area contributed by atoms with Crippen molar-refractivity contribution in [3.05, 3.63) is 41.5 Å². The summed E-state index contributed by atoms with van der Waals surface area (Å²) in [6.45, 7) is 0. The zero-order chi connectivity index (χ0) is 10.2. The summed E-state index contributed by atoms with van der Waals surface area (Å²) in [7, 11) is -3.49. The number of fused-ring (bicyclic) bond motifs is 1. The quantitative estimate of drug-likeness (QED) is 0.760. The molecular weight excluding hydrogens is 198 g/mol. The molecule has 1 aromatic rings. The van der Waals surface area contributed by atoms with E-state index in [1.807, 2.05) is 36.4 Å². The lowest BCUT2D eigenvalue weighted by atomic mass is 9.97. The maximum atomic E-state index is 11.3. The Morgan fingerprint density at radius 1 is 1.29 bits per heavy atom. The number of rotatable bonds is 1. The van der Waals surface area contributed by atoms with Crippen LogP contribution in [0.5, 0.6) is 0 Å². The van der Waals surface area contributed by atoms with Crippen molar-refractivity contribution >= 4 is 16.1 Å². The number of nitrogens with two attached hydrogens (primary N) is 1. The molecule has 0 aliphatic heterocycles. The second-order valence-corrected chi connectivity index (χ2v) is 5.09. The number of hydrogen-bond donors (Lipinski definition) is 1. The summed E-state index contributed by atoms with van der Waals surface area (Å²) in [6, 6.07) is 7.42. The summed E-state index contributed by atoms with van der Waals surface area (Å²) < 4.78 is 22.6. The van der Waals surface area contributed by atoms with Crippen LogP contribution in [0.1, 0.15) is 22.8 Å². The predicted octanol–water partition coefficient (Wildman–Crippen LogP) is 1.43. The van der Waals surface area contributed by atoms with E-state index in [4.69, 9.17) is 5.14 Å². The second kappa shape index (κ2) is 3.22. The van der Waals surface area contributed by atoms with Crippen LogP contribution in [0, 0.1) is 0 Å². The lowest BCUT2D eigenvalue weighted by Gasteiger charge is -2.19. The van der Waals surface area contributed by atoms with Gasteiger partial charge in [-0.1, -0.05) is 36.4 Å². The van der Waals surface area contributed by atoms with Gasteiger partial charge in [0, 0.05) is 0 Å². The van der Waals surface area contributed by atoms with Crippen molar-refractivity contribution in [3.63, 3.8) is 0 Å². The summed E-state index contributed by atoms with van der Waals surface area (Å²) in [4.78, 5) is 0. The van der Waals surface area contributed by atoms with Gasteiger partial charge in [-0.25, -0.2) is 13.6 Å². The van der Waals surface area contributed by atoms with Crippen LogP contribution >= 0.6 is 0 Å². The number of primary sulfonamides is 1. The number of sulfonamides is 1. The van der Waals surface area contributed by atoms with Crippen molar-refractivity contribution in [1.82, 2.24) is 0 Å². The van der Waals surface area contributed by atoms with Crippen molar-refractivity contribution in [2.45, 2.75) is 11.7 Å². The molecule has 1 aliphatic rings. The molecule has 0 fully saturated rings. The third-order valence-corrected chi connectivity index (χ3v) is 3.63. The highest BCUT2D eigenvalue weighted by Crippen LogP contribution is 2.32. The average Bonchev–Trinajstić information content (AvgIpc) is 2.15. The standard InChI is InChI=1S/C10H11NO2S/c11-14(12,13)10-7-3-5-8-4-1-2-6-9(8)10/h1-6,10H,7H2,(H2,11,12,13). The van der Waals surface area contributed by atoms with Crippen LogP contribution in [0.15, 0.2) is 30.3 Å². The monoisotopic (exact) mass is 209 g/mol. The predicted molar refractivity (Wildman–Crippen MR) is 55.9 cm³/mol. The Hall–Kier alpha value is -1.13. The van der Waals surface area contributed by atoms with E-state index in [2.05, 4.69) is 0 Å². The number of hydrogen-bond acceptors (Lipinski definition) is 2. The van der Waals surface area contributed by atoms with Gasteiger partial charge in [0.1, 0.15) is 5.25 Å². The fraction of sp³-hybridized carbons (Fsp3) is 0.200. The van der Waals surface area contributed by atoms with Crippen LogP contribution in [0.4, 0.5) is 0 Å². The molecule has 0 radical (unpaired) electrons. The smallest absolute Gasteiger partial charge is 0.216 e. The SMILES string of the molecule is NS(=O)(=O)C1CC=Cc2ccccc21. The molecule has 1 aliphatic carbocycles. The van der Waals surface area contributed by atoms with E-state index in [9.17, 15) is 8.42 Å². The van der Waals surface area contributed by atoms with Crippen LogP contribution in [-0.4, -0.2) is 8.42 Å². The number of allylic oxidation sites excluding steroid dienone is 1. The van der Waals surface area contributed by atoms with Gasteiger partial charge in [0.15, 0.2) is 0 Å². The first kappa shape index (κ1) is 9.43. The Bertz CT molecular complexity index is 477. The molecule has 4 heteroatoms. The van der Waals surface area contributed by atoms with Crippen molar-refractivity contribution < 1.29 is 8.42 Å². The third kappa shape index (κ3) is 1.58. The van der Waals surface area contributed by atoms with Gasteiger partial charge in [0.2, 0.25) is 10.0 Å². The maximum Gasteiger partial charge on any atom is 0.216 e. The molecule has 1 atom stereocenters. The first-order valence-corrected chi connectivity index (χ1v) is 5.97. The summed E-state index contributed by atoms with van der Waals surface area (Å²) in [5, 5.41) is 4.58. The fourth-order valence-corrected chi connectivity index (χ4v) is 2.66. The minimum Gasteiger partial charge on any atom is -0.228 e. The van der Waals surface area contributed by atoms with Crippen molar-refractivity contribution in [2.75, 3.05) is 0 Å². The molecule has 0 aromatic heterocycles. The molecule has 1 unspecified atom stereocenters. The Labute approximate surface area is 83.3 Å². The molecule has 3 nitrogen and oxygen atoms in total. The summed E-state index contributed by atoms with van der Waals surface area (Å²) in [5.74, 6) is 0. The fourth-order valence-electron chi connectivity index (χ4n) is 1.71. The maximum absolute atomic E-state index is 11.3. The first-order chi connectivity index (χ1) is 6.59. The van der Waals surface area contributed by atoms with Gasteiger partial charge < -0.3 is 0 Å². The molecule has 0 amide bonds. The first-order valence-electron chi connectivity index (χ1n) is 4.36. The number of benzene rings is 1. The van der Waals surface area contributed by atoms with E-state index in [1.54, 1.807) is 0 Å². The minimum absolute atomic E-state index is 0.468. The molecule has 0 heterocycles. The summed E-state index contributed by atoms with van der Waals surface area (Å²) in [6.07, 6.45) is 4.24. The highest BCUT2D eigenvalue weighted by atomic mass is 32.2. The highest BCUT2D eigenvalue weighted by Gasteiger charge is 2.25. The van der Waals surface area contributed by atoms with Gasteiger partial charge in [0.25, 0.3) is 0 Å². The lowest BCUT2D eigenvalue weighted by molar-refractivity contribution is 0.583. The Morgan fingerprint density at radius 3 is 2.71 bits per heavy atom. The van der Waals surface area contributed by atoms with E-state index >= 15 is 0 Å². The molecular formula is C10H11NO2S. The van der Waals surface area contributed by atoms with Crippen molar-refractivity contribution in [3.8, 4) is 0 Å². The molecule has 0 spiro atoms. The van der Waals surface area contributed by atoms with Gasteiger partial charge in [-0.15, -0.1) is 0 Å². The second-order valence-electron chi connectivity index (χ2n) is 3.34. The molecule has 14 heavy (non-hydrogen) atoms. The van der Waals surface area contributed by atoms with Gasteiger partial charge in [-0.3, -0.25) is 0 Å². The van der Waals surface area contributed by atoms with Gasteiger partial charge >= 0.3 is 0 Å². The van der Waals surface area contributed by atoms with Crippen LogP contribution in [0.3, 0.4) is 0 Å². The van der Waals surface area contributed by atoms with Crippen LogP contribution < -0.4 is 5.14 Å². The highest BCUT2D eigenvalue weighted by molar-refractivity contribution is 7.89. The zero-order valence-corrected chi connectivity index (χ0v) is 8.37. The molecule has 74 valence electrons. The van der Waals surface area contributed by atoms with E-state index in [1.165, 1.54) is 0 Å². The minimum atomic E-state index is -3.49. The Balaban J connectivity index is 2.57. The van der Waals surface area contributed by atoms with E-state index in [0.29, 0.717) is 6.42 Å².